The van der Waals surface area contributed by atoms with E-state index >= 15 is 0 Å². The maximum absolute atomic E-state index is 11.7. The van der Waals surface area contributed by atoms with Crippen LogP contribution in [0, 0.1) is 0 Å². The van der Waals surface area contributed by atoms with E-state index in [9.17, 15) is 9.59 Å². The molecule has 94 valence electrons. The molecule has 0 N–H and O–H groups in total. The van der Waals surface area contributed by atoms with Gasteiger partial charge in [0.1, 0.15) is 0 Å². The predicted molar refractivity (Wildman–Crippen MR) is 58.2 cm³/mol. The molecular formula is C12H16O5. The molecule has 0 aromatic carbocycles. The van der Waals surface area contributed by atoms with Crippen molar-refractivity contribution in [2.45, 2.75) is 38.9 Å². The van der Waals surface area contributed by atoms with Gasteiger partial charge < -0.3 is 14.2 Å². The van der Waals surface area contributed by atoms with E-state index < -0.39 is 11.9 Å². The second kappa shape index (κ2) is 4.87. The van der Waals surface area contributed by atoms with E-state index in [1.807, 2.05) is 0 Å². The van der Waals surface area contributed by atoms with Crippen LogP contribution in [0.5, 0.6) is 0 Å². The van der Waals surface area contributed by atoms with E-state index in [4.69, 9.17) is 14.2 Å². The van der Waals surface area contributed by atoms with Crippen LogP contribution in [0.25, 0.3) is 0 Å². The number of carbonyl (C=O) groups excluding carboxylic acids is 2. The number of hydrogen-bond acceptors (Lipinski definition) is 5. The van der Waals surface area contributed by atoms with Crippen LogP contribution >= 0.6 is 0 Å². The normalized spacial score (nSPS) is 26.2. The number of hydrogen-bond donors (Lipinski definition) is 0. The molecule has 1 aliphatic heterocycles. The van der Waals surface area contributed by atoms with Gasteiger partial charge in [-0.25, -0.2) is 9.59 Å². The van der Waals surface area contributed by atoms with E-state index in [1.165, 1.54) is 0 Å². The minimum Gasteiger partial charge on any atom is -0.463 e. The molecule has 1 fully saturated rings. The van der Waals surface area contributed by atoms with Crippen molar-refractivity contribution in [3.63, 3.8) is 0 Å². The molecule has 0 bridgehead atoms. The second-order valence-corrected chi connectivity index (χ2v) is 4.02. The number of fused-ring (bicyclic) bond motifs is 1. The number of ether oxygens (including phenoxy) is 3. The van der Waals surface area contributed by atoms with E-state index in [0.717, 1.165) is 0 Å². The highest BCUT2D eigenvalue weighted by molar-refractivity contribution is 6.01. The quantitative estimate of drug-likeness (QED) is 0.541. The summed E-state index contributed by atoms with van der Waals surface area (Å²) in [5.41, 5.74) is 0.841. The minimum atomic E-state index is -0.426. The van der Waals surface area contributed by atoms with Crippen LogP contribution in [0.1, 0.15) is 26.7 Å². The number of esters is 2. The summed E-state index contributed by atoms with van der Waals surface area (Å²) in [4.78, 5) is 23.5. The van der Waals surface area contributed by atoms with Crippen molar-refractivity contribution < 1.29 is 23.8 Å². The average molecular weight is 240 g/mol. The first kappa shape index (κ1) is 12.1. The summed E-state index contributed by atoms with van der Waals surface area (Å²) in [6, 6.07) is 0. The van der Waals surface area contributed by atoms with Crippen LogP contribution < -0.4 is 0 Å². The van der Waals surface area contributed by atoms with Crippen LogP contribution in [0.2, 0.25) is 0 Å². The molecule has 0 saturated carbocycles. The van der Waals surface area contributed by atoms with Crippen molar-refractivity contribution in [3.8, 4) is 0 Å². The first-order valence-electron chi connectivity index (χ1n) is 5.89. The number of carbonyl (C=O) groups is 2. The van der Waals surface area contributed by atoms with Crippen LogP contribution in [0.15, 0.2) is 11.1 Å². The van der Waals surface area contributed by atoms with Crippen molar-refractivity contribution in [1.82, 2.24) is 0 Å². The van der Waals surface area contributed by atoms with Crippen LogP contribution in [-0.4, -0.2) is 37.4 Å². The Bertz CT molecular complexity index is 337. The monoisotopic (exact) mass is 240 g/mol. The molecule has 2 rings (SSSR count). The van der Waals surface area contributed by atoms with Crippen molar-refractivity contribution in [1.29, 1.82) is 0 Å². The van der Waals surface area contributed by atoms with Gasteiger partial charge in [0.05, 0.1) is 36.6 Å². The maximum atomic E-state index is 11.7. The fourth-order valence-electron chi connectivity index (χ4n) is 2.04. The Hall–Kier alpha value is -1.36. The molecular weight excluding hydrogens is 224 g/mol. The third-order valence-electron chi connectivity index (χ3n) is 2.91. The largest absolute Gasteiger partial charge is 0.463 e. The van der Waals surface area contributed by atoms with Crippen molar-refractivity contribution >= 4 is 11.9 Å². The smallest absolute Gasteiger partial charge is 0.334 e. The Balaban J connectivity index is 2.19. The van der Waals surface area contributed by atoms with Gasteiger partial charge in [-0.15, -0.1) is 0 Å². The standard InChI is InChI=1S/C12H16O5/c1-3-15-11(13)7-5-9-10(17-9)6-8(7)12(14)16-4-2/h9-10H,3-6H2,1-2H3. The molecule has 17 heavy (non-hydrogen) atoms. The third-order valence-corrected chi connectivity index (χ3v) is 2.91. The molecule has 0 aromatic heterocycles. The van der Waals surface area contributed by atoms with E-state index in [-0.39, 0.29) is 12.2 Å². The predicted octanol–water partition coefficient (Wildman–Crippen LogP) is 0.970. The van der Waals surface area contributed by atoms with E-state index in [1.54, 1.807) is 13.8 Å². The molecule has 2 unspecified atom stereocenters. The second-order valence-electron chi connectivity index (χ2n) is 4.02. The SMILES string of the molecule is CCOC(=O)C1=C(C(=O)OCC)CC2OC2C1. The first-order chi connectivity index (χ1) is 8.17. The molecule has 5 heteroatoms. The molecule has 0 spiro atoms. The summed E-state index contributed by atoms with van der Waals surface area (Å²) >= 11 is 0. The lowest BCUT2D eigenvalue weighted by atomic mass is 9.92. The molecule has 5 nitrogen and oxygen atoms in total. The van der Waals surface area contributed by atoms with Crippen LogP contribution in [-0.2, 0) is 23.8 Å². The number of rotatable bonds is 4. The lowest BCUT2D eigenvalue weighted by Crippen LogP contribution is -2.22. The zero-order chi connectivity index (χ0) is 12.4. The van der Waals surface area contributed by atoms with Gasteiger partial charge in [-0.3, -0.25) is 0 Å². The summed E-state index contributed by atoms with van der Waals surface area (Å²) in [7, 11) is 0. The van der Waals surface area contributed by atoms with Gasteiger partial charge in [-0.05, 0) is 13.8 Å². The molecule has 1 heterocycles. The van der Waals surface area contributed by atoms with Crippen molar-refractivity contribution in [2.75, 3.05) is 13.2 Å². The summed E-state index contributed by atoms with van der Waals surface area (Å²) in [6.45, 7) is 4.07. The Labute approximate surface area is 99.7 Å². The minimum absolute atomic E-state index is 0.0765. The Kier molecular flexibility index (Phi) is 3.47. The highest BCUT2D eigenvalue weighted by atomic mass is 16.6. The van der Waals surface area contributed by atoms with Crippen molar-refractivity contribution in [2.24, 2.45) is 0 Å². The number of epoxide rings is 1. The molecule has 2 aliphatic rings. The summed E-state index contributed by atoms with van der Waals surface area (Å²) < 4.78 is 15.2. The summed E-state index contributed by atoms with van der Waals surface area (Å²) in [5, 5.41) is 0. The van der Waals surface area contributed by atoms with Crippen LogP contribution in [0.3, 0.4) is 0 Å². The van der Waals surface area contributed by atoms with Gasteiger partial charge in [0.15, 0.2) is 0 Å². The average Bonchev–Trinajstić information content (AvgIpc) is 3.06. The molecule has 0 amide bonds. The lowest BCUT2D eigenvalue weighted by molar-refractivity contribution is -0.142. The Morgan fingerprint density at radius 1 is 1.06 bits per heavy atom. The molecule has 2 atom stereocenters. The first-order valence-corrected chi connectivity index (χ1v) is 5.89. The maximum Gasteiger partial charge on any atom is 0.334 e. The highest BCUT2D eigenvalue weighted by Crippen LogP contribution is 2.40. The van der Waals surface area contributed by atoms with Crippen LogP contribution in [0.4, 0.5) is 0 Å². The van der Waals surface area contributed by atoms with E-state index in [0.29, 0.717) is 37.2 Å². The molecule has 1 aliphatic carbocycles. The Morgan fingerprint density at radius 2 is 1.47 bits per heavy atom. The topological polar surface area (TPSA) is 65.1 Å². The summed E-state index contributed by atoms with van der Waals surface area (Å²) in [5.74, 6) is -0.853. The fraction of sp³-hybridized carbons (Fsp3) is 0.667. The lowest BCUT2D eigenvalue weighted by Gasteiger charge is -2.15. The van der Waals surface area contributed by atoms with Crippen molar-refractivity contribution in [3.05, 3.63) is 11.1 Å². The van der Waals surface area contributed by atoms with Gasteiger partial charge in [-0.1, -0.05) is 0 Å². The Morgan fingerprint density at radius 3 is 1.82 bits per heavy atom. The zero-order valence-corrected chi connectivity index (χ0v) is 10.0. The molecule has 1 saturated heterocycles. The summed E-state index contributed by atoms with van der Waals surface area (Å²) in [6.07, 6.45) is 1.06. The fourth-order valence-corrected chi connectivity index (χ4v) is 2.04. The molecule has 0 radical (unpaired) electrons. The van der Waals surface area contributed by atoms with E-state index in [2.05, 4.69) is 0 Å². The third kappa shape index (κ3) is 2.49. The van der Waals surface area contributed by atoms with Gasteiger partial charge in [0.2, 0.25) is 0 Å². The van der Waals surface area contributed by atoms with Gasteiger partial charge in [0, 0.05) is 12.8 Å². The van der Waals surface area contributed by atoms with Gasteiger partial charge >= 0.3 is 11.9 Å². The van der Waals surface area contributed by atoms with Gasteiger partial charge in [-0.2, -0.15) is 0 Å². The van der Waals surface area contributed by atoms with Gasteiger partial charge in [0.25, 0.3) is 0 Å². The highest BCUT2D eigenvalue weighted by Gasteiger charge is 2.47. The molecule has 0 aromatic rings. The zero-order valence-electron chi connectivity index (χ0n) is 10.0.